The Balaban J connectivity index is 2.73. The molecule has 0 unspecified atom stereocenters. The van der Waals surface area contributed by atoms with Crippen molar-refractivity contribution in [3.8, 4) is 5.88 Å². The molecule has 0 bridgehead atoms. The summed E-state index contributed by atoms with van der Waals surface area (Å²) in [7, 11) is 0. The van der Waals surface area contributed by atoms with E-state index in [-0.39, 0.29) is 11.6 Å². The van der Waals surface area contributed by atoms with Gasteiger partial charge >= 0.3 is 5.69 Å². The third kappa shape index (κ3) is 0.531. The van der Waals surface area contributed by atoms with Crippen molar-refractivity contribution in [1.82, 2.24) is 9.55 Å². The number of aromatic nitrogens is 2. The number of nitrogens with zero attached hydrogens (tertiary/aromatic N) is 1. The number of H-pyrrole nitrogens is 1. The molecule has 1 aliphatic heterocycles. The van der Waals surface area contributed by atoms with Crippen molar-refractivity contribution < 1.29 is 5.11 Å². The molecule has 1 aromatic heterocycles. The van der Waals surface area contributed by atoms with Crippen LogP contribution in [-0.4, -0.2) is 14.7 Å². The van der Waals surface area contributed by atoms with Crippen LogP contribution in [0.25, 0.3) is 0 Å². The minimum Gasteiger partial charge on any atom is -0.493 e. The van der Waals surface area contributed by atoms with Gasteiger partial charge in [-0.1, -0.05) is 0 Å². The van der Waals surface area contributed by atoms with Crippen LogP contribution < -0.4 is 5.69 Å². The molecular formula is C6H8N2O2. The van der Waals surface area contributed by atoms with E-state index in [9.17, 15) is 4.79 Å². The summed E-state index contributed by atoms with van der Waals surface area (Å²) in [6.45, 7) is 0.741. The highest BCUT2D eigenvalue weighted by Crippen LogP contribution is 2.19. The third-order valence-electron chi connectivity index (χ3n) is 1.86. The minimum absolute atomic E-state index is 0.0440. The van der Waals surface area contributed by atoms with Gasteiger partial charge in [0.25, 0.3) is 0 Å². The Bertz CT molecular complexity index is 310. The van der Waals surface area contributed by atoms with Gasteiger partial charge in [-0.3, -0.25) is 9.55 Å². The van der Waals surface area contributed by atoms with E-state index in [0.717, 1.165) is 25.1 Å². The van der Waals surface area contributed by atoms with Gasteiger partial charge in [0.15, 0.2) is 0 Å². The summed E-state index contributed by atoms with van der Waals surface area (Å²) in [6, 6.07) is 0. The van der Waals surface area contributed by atoms with E-state index >= 15 is 0 Å². The van der Waals surface area contributed by atoms with Crippen molar-refractivity contribution >= 4 is 0 Å². The number of aromatic amines is 1. The Kier molecular flexibility index (Phi) is 0.922. The molecule has 1 aliphatic rings. The zero-order chi connectivity index (χ0) is 7.14. The molecule has 2 rings (SSSR count). The molecule has 0 aromatic carbocycles. The Hall–Kier alpha value is -1.19. The molecule has 0 amide bonds. The second kappa shape index (κ2) is 1.65. The number of hydrogen-bond acceptors (Lipinski definition) is 2. The van der Waals surface area contributed by atoms with Gasteiger partial charge in [-0.05, 0) is 12.8 Å². The molecule has 0 spiro atoms. The maximum atomic E-state index is 10.9. The summed E-state index contributed by atoms with van der Waals surface area (Å²) in [6.07, 6.45) is 1.78. The molecule has 0 saturated heterocycles. The summed E-state index contributed by atoms with van der Waals surface area (Å²) in [5.74, 6) is 0.0440. The molecule has 2 heterocycles. The molecule has 2 N–H and O–H groups in total. The van der Waals surface area contributed by atoms with Gasteiger partial charge in [0.2, 0.25) is 5.88 Å². The number of rotatable bonds is 0. The van der Waals surface area contributed by atoms with Gasteiger partial charge in [0.1, 0.15) is 0 Å². The van der Waals surface area contributed by atoms with Gasteiger partial charge in [-0.2, -0.15) is 0 Å². The van der Waals surface area contributed by atoms with Crippen molar-refractivity contribution in [2.45, 2.75) is 19.4 Å². The number of imidazole rings is 1. The standard InChI is InChI=1S/C6H8N2O2/c9-5-4-2-1-3-8(4)6(10)7-5/h9H,1-3H2,(H,7,10). The largest absolute Gasteiger partial charge is 0.493 e. The lowest BCUT2D eigenvalue weighted by atomic mass is 10.3. The molecule has 4 heteroatoms. The third-order valence-corrected chi connectivity index (χ3v) is 1.86. The van der Waals surface area contributed by atoms with Crippen LogP contribution in [0.4, 0.5) is 0 Å². The second-order valence-corrected chi connectivity index (χ2v) is 2.48. The van der Waals surface area contributed by atoms with Gasteiger partial charge in [0.05, 0.1) is 5.69 Å². The topological polar surface area (TPSA) is 58.0 Å². The fourth-order valence-corrected chi connectivity index (χ4v) is 1.39. The average Bonchev–Trinajstić information content (AvgIpc) is 2.39. The maximum Gasteiger partial charge on any atom is 0.328 e. The zero-order valence-corrected chi connectivity index (χ0v) is 5.42. The van der Waals surface area contributed by atoms with E-state index in [2.05, 4.69) is 4.98 Å². The molecule has 54 valence electrons. The lowest BCUT2D eigenvalue weighted by Crippen LogP contribution is -2.14. The van der Waals surface area contributed by atoms with E-state index in [1.165, 1.54) is 0 Å². The Morgan fingerprint density at radius 3 is 3.10 bits per heavy atom. The van der Waals surface area contributed by atoms with E-state index in [4.69, 9.17) is 5.11 Å². The smallest absolute Gasteiger partial charge is 0.328 e. The molecule has 10 heavy (non-hydrogen) atoms. The van der Waals surface area contributed by atoms with Crippen LogP contribution in [0.3, 0.4) is 0 Å². The van der Waals surface area contributed by atoms with Gasteiger partial charge < -0.3 is 5.11 Å². The average molecular weight is 140 g/mol. The molecule has 1 aromatic rings. The lowest BCUT2D eigenvalue weighted by molar-refractivity contribution is 0.449. The van der Waals surface area contributed by atoms with Crippen LogP contribution in [0.5, 0.6) is 5.88 Å². The first-order chi connectivity index (χ1) is 4.79. The van der Waals surface area contributed by atoms with Crippen molar-refractivity contribution in [3.63, 3.8) is 0 Å². The number of hydrogen-bond donors (Lipinski definition) is 2. The van der Waals surface area contributed by atoms with Crippen molar-refractivity contribution in [2.24, 2.45) is 0 Å². The molecular weight excluding hydrogens is 132 g/mol. The van der Waals surface area contributed by atoms with Gasteiger partial charge in [-0.25, -0.2) is 4.79 Å². The molecule has 0 fully saturated rings. The molecule has 0 radical (unpaired) electrons. The van der Waals surface area contributed by atoms with Crippen molar-refractivity contribution in [1.29, 1.82) is 0 Å². The van der Waals surface area contributed by atoms with E-state index in [1.54, 1.807) is 4.57 Å². The lowest BCUT2D eigenvalue weighted by Gasteiger charge is -1.88. The molecule has 0 aliphatic carbocycles. The molecule has 4 nitrogen and oxygen atoms in total. The first kappa shape index (κ1) is 5.58. The SMILES string of the molecule is O=c1[nH]c(O)c2n1CCC2. The normalized spacial score (nSPS) is 15.6. The zero-order valence-electron chi connectivity index (χ0n) is 5.42. The van der Waals surface area contributed by atoms with Crippen LogP contribution in [0, 0.1) is 0 Å². The van der Waals surface area contributed by atoms with E-state index in [0.29, 0.717) is 0 Å². The van der Waals surface area contributed by atoms with Crippen LogP contribution >= 0.6 is 0 Å². The predicted molar refractivity (Wildman–Crippen MR) is 35.0 cm³/mol. The summed E-state index contributed by atoms with van der Waals surface area (Å²) in [4.78, 5) is 13.2. The number of aromatic hydroxyl groups is 1. The van der Waals surface area contributed by atoms with Crippen LogP contribution in [0.1, 0.15) is 12.1 Å². The van der Waals surface area contributed by atoms with Crippen molar-refractivity contribution in [3.05, 3.63) is 16.2 Å². The summed E-state index contributed by atoms with van der Waals surface area (Å²) in [5, 5.41) is 9.08. The highest BCUT2D eigenvalue weighted by atomic mass is 16.3. The Morgan fingerprint density at radius 1 is 1.60 bits per heavy atom. The van der Waals surface area contributed by atoms with E-state index < -0.39 is 0 Å². The minimum atomic E-state index is -0.190. The fraction of sp³-hybridized carbons (Fsp3) is 0.500. The van der Waals surface area contributed by atoms with Gasteiger partial charge in [-0.15, -0.1) is 0 Å². The molecule has 0 atom stereocenters. The van der Waals surface area contributed by atoms with Crippen LogP contribution in [0.2, 0.25) is 0 Å². The summed E-state index contributed by atoms with van der Waals surface area (Å²) >= 11 is 0. The van der Waals surface area contributed by atoms with Crippen LogP contribution in [-0.2, 0) is 13.0 Å². The maximum absolute atomic E-state index is 10.9. The summed E-state index contributed by atoms with van der Waals surface area (Å²) in [5.41, 5.74) is 0.565. The number of nitrogens with one attached hydrogen (secondary N) is 1. The second-order valence-electron chi connectivity index (χ2n) is 2.48. The molecule has 0 saturated carbocycles. The first-order valence-corrected chi connectivity index (χ1v) is 3.29. The Labute approximate surface area is 57.1 Å². The Morgan fingerprint density at radius 2 is 2.40 bits per heavy atom. The quantitative estimate of drug-likeness (QED) is 0.525. The van der Waals surface area contributed by atoms with Gasteiger partial charge in [0, 0.05) is 6.54 Å². The van der Waals surface area contributed by atoms with E-state index in [1.807, 2.05) is 0 Å². The summed E-state index contributed by atoms with van der Waals surface area (Å²) < 4.78 is 1.58. The fourth-order valence-electron chi connectivity index (χ4n) is 1.39. The van der Waals surface area contributed by atoms with Crippen molar-refractivity contribution in [2.75, 3.05) is 0 Å². The number of fused-ring (bicyclic) bond motifs is 1. The highest BCUT2D eigenvalue weighted by Gasteiger charge is 2.17. The van der Waals surface area contributed by atoms with Crippen LogP contribution in [0.15, 0.2) is 4.79 Å². The first-order valence-electron chi connectivity index (χ1n) is 3.29. The monoisotopic (exact) mass is 140 g/mol. The predicted octanol–water partition coefficient (Wildman–Crippen LogP) is -0.172. The highest BCUT2D eigenvalue weighted by molar-refractivity contribution is 5.20.